The molecule has 1 amide bonds. The number of pyridine rings is 1. The van der Waals surface area contributed by atoms with Crippen LogP contribution in [0.25, 0.3) is 10.9 Å². The first-order chi connectivity index (χ1) is 14.3. The number of carbonyl (C=O) groups is 1. The van der Waals surface area contributed by atoms with E-state index in [1.807, 2.05) is 38.1 Å². The van der Waals surface area contributed by atoms with Crippen LogP contribution in [0, 0.1) is 13.8 Å². The number of hydrogen-bond donors (Lipinski definition) is 1. The van der Waals surface area contributed by atoms with Gasteiger partial charge in [0.1, 0.15) is 0 Å². The molecule has 0 atom stereocenters. The fourth-order valence-electron chi connectivity index (χ4n) is 3.74. The summed E-state index contributed by atoms with van der Waals surface area (Å²) < 4.78 is 26.8. The largest absolute Gasteiger partial charge is 0.348 e. The number of aryl methyl sites for hydroxylation is 2. The van der Waals surface area contributed by atoms with Crippen LogP contribution in [-0.2, 0) is 16.6 Å². The molecule has 0 saturated carbocycles. The average Bonchev–Trinajstić information content (AvgIpc) is 3.27. The molecule has 3 aromatic rings. The Bertz CT molecular complexity index is 1200. The molecule has 1 aromatic heterocycles. The van der Waals surface area contributed by atoms with E-state index in [1.54, 1.807) is 24.3 Å². The number of aromatic nitrogens is 1. The molecule has 6 nitrogen and oxygen atoms in total. The van der Waals surface area contributed by atoms with Gasteiger partial charge in [-0.3, -0.25) is 9.78 Å². The van der Waals surface area contributed by atoms with Gasteiger partial charge in [0.25, 0.3) is 5.91 Å². The van der Waals surface area contributed by atoms with E-state index in [2.05, 4.69) is 10.3 Å². The molecule has 2 aromatic carbocycles. The fourth-order valence-corrected chi connectivity index (χ4v) is 5.25. The molecule has 156 valence electrons. The second kappa shape index (κ2) is 8.16. The van der Waals surface area contributed by atoms with E-state index in [0.717, 1.165) is 34.9 Å². The van der Waals surface area contributed by atoms with Crippen molar-refractivity contribution in [3.8, 4) is 0 Å². The molecule has 1 N–H and O–H groups in total. The van der Waals surface area contributed by atoms with Gasteiger partial charge in [0.15, 0.2) is 0 Å². The van der Waals surface area contributed by atoms with Crippen LogP contribution in [0.5, 0.6) is 0 Å². The Morgan fingerprint density at radius 1 is 1.03 bits per heavy atom. The van der Waals surface area contributed by atoms with Gasteiger partial charge in [-0.1, -0.05) is 24.3 Å². The van der Waals surface area contributed by atoms with E-state index in [1.165, 1.54) is 4.31 Å². The Balaban J connectivity index is 1.46. The number of hydrogen-bond acceptors (Lipinski definition) is 4. The lowest BCUT2D eigenvalue weighted by atomic mass is 10.1. The SMILES string of the molecule is Cc1ccc2cc(C(=O)NCc3ccc(S(=O)(=O)N4CCCC4)cc3)c(C)nc2c1. The average molecular weight is 424 g/mol. The highest BCUT2D eigenvalue weighted by Gasteiger charge is 2.26. The minimum atomic E-state index is -3.42. The van der Waals surface area contributed by atoms with Crippen LogP contribution in [-0.4, -0.2) is 36.7 Å². The van der Waals surface area contributed by atoms with Crippen LogP contribution in [0.4, 0.5) is 0 Å². The zero-order valence-corrected chi connectivity index (χ0v) is 18.0. The lowest BCUT2D eigenvalue weighted by Gasteiger charge is -2.15. The van der Waals surface area contributed by atoms with Gasteiger partial charge in [-0.15, -0.1) is 0 Å². The Kier molecular flexibility index (Phi) is 5.58. The van der Waals surface area contributed by atoms with Gasteiger partial charge >= 0.3 is 0 Å². The quantitative estimate of drug-likeness (QED) is 0.680. The molecule has 1 saturated heterocycles. The highest BCUT2D eigenvalue weighted by atomic mass is 32.2. The van der Waals surface area contributed by atoms with Crippen LogP contribution < -0.4 is 5.32 Å². The maximum Gasteiger partial charge on any atom is 0.253 e. The summed E-state index contributed by atoms with van der Waals surface area (Å²) >= 11 is 0. The zero-order valence-electron chi connectivity index (χ0n) is 17.2. The molecule has 2 heterocycles. The van der Waals surface area contributed by atoms with Crippen molar-refractivity contribution in [3.05, 3.63) is 70.9 Å². The van der Waals surface area contributed by atoms with E-state index in [-0.39, 0.29) is 5.91 Å². The first-order valence-corrected chi connectivity index (χ1v) is 11.5. The summed E-state index contributed by atoms with van der Waals surface area (Å²) in [6, 6.07) is 14.5. The van der Waals surface area contributed by atoms with Crippen molar-refractivity contribution >= 4 is 26.8 Å². The number of nitrogens with one attached hydrogen (secondary N) is 1. The summed E-state index contributed by atoms with van der Waals surface area (Å²) in [5, 5.41) is 3.83. The van der Waals surface area contributed by atoms with Crippen molar-refractivity contribution in [2.24, 2.45) is 0 Å². The van der Waals surface area contributed by atoms with Gasteiger partial charge in [0.05, 0.1) is 21.7 Å². The lowest BCUT2D eigenvalue weighted by Crippen LogP contribution is -2.28. The van der Waals surface area contributed by atoms with E-state index in [4.69, 9.17) is 0 Å². The van der Waals surface area contributed by atoms with Gasteiger partial charge in [-0.2, -0.15) is 4.31 Å². The number of fused-ring (bicyclic) bond motifs is 1. The van der Waals surface area contributed by atoms with E-state index < -0.39 is 10.0 Å². The molecule has 1 aliphatic heterocycles. The van der Waals surface area contributed by atoms with Crippen molar-refractivity contribution < 1.29 is 13.2 Å². The van der Waals surface area contributed by atoms with E-state index in [0.29, 0.717) is 35.8 Å². The van der Waals surface area contributed by atoms with Crippen molar-refractivity contribution in [1.29, 1.82) is 0 Å². The molecule has 30 heavy (non-hydrogen) atoms. The van der Waals surface area contributed by atoms with Gasteiger partial charge in [0, 0.05) is 25.0 Å². The molecule has 0 aliphatic carbocycles. The topological polar surface area (TPSA) is 79.4 Å². The third-order valence-corrected chi connectivity index (χ3v) is 7.40. The lowest BCUT2D eigenvalue weighted by molar-refractivity contribution is 0.0950. The molecule has 0 spiro atoms. The summed E-state index contributed by atoms with van der Waals surface area (Å²) in [5.74, 6) is -0.198. The molecule has 1 fully saturated rings. The molecule has 0 bridgehead atoms. The van der Waals surface area contributed by atoms with Crippen LogP contribution >= 0.6 is 0 Å². The number of nitrogens with zero attached hydrogens (tertiary/aromatic N) is 2. The first kappa shape index (κ1) is 20.5. The predicted octanol–water partition coefficient (Wildman–Crippen LogP) is 3.57. The minimum absolute atomic E-state index is 0.198. The van der Waals surface area contributed by atoms with Gasteiger partial charge in [0.2, 0.25) is 10.0 Å². The van der Waals surface area contributed by atoms with Crippen molar-refractivity contribution in [3.63, 3.8) is 0 Å². The minimum Gasteiger partial charge on any atom is -0.348 e. The molecule has 0 unspecified atom stereocenters. The maximum absolute atomic E-state index is 12.7. The third kappa shape index (κ3) is 4.08. The van der Waals surface area contributed by atoms with Crippen molar-refractivity contribution in [1.82, 2.24) is 14.6 Å². The van der Waals surface area contributed by atoms with Crippen LogP contribution in [0.15, 0.2) is 53.4 Å². The van der Waals surface area contributed by atoms with Crippen LogP contribution in [0.1, 0.15) is 40.0 Å². The predicted molar refractivity (Wildman–Crippen MR) is 117 cm³/mol. The Labute approximate surface area is 177 Å². The summed E-state index contributed by atoms with van der Waals surface area (Å²) in [4.78, 5) is 17.5. The maximum atomic E-state index is 12.7. The molecular weight excluding hydrogens is 398 g/mol. The number of rotatable bonds is 5. The fraction of sp³-hybridized carbons (Fsp3) is 0.304. The molecule has 1 aliphatic rings. The van der Waals surface area contributed by atoms with Crippen LogP contribution in [0.2, 0.25) is 0 Å². The monoisotopic (exact) mass is 423 g/mol. The van der Waals surface area contributed by atoms with E-state index in [9.17, 15) is 13.2 Å². The summed E-state index contributed by atoms with van der Waals surface area (Å²) in [7, 11) is -3.42. The van der Waals surface area contributed by atoms with Crippen molar-refractivity contribution in [2.75, 3.05) is 13.1 Å². The third-order valence-electron chi connectivity index (χ3n) is 5.49. The second-order valence-corrected chi connectivity index (χ2v) is 9.69. The Morgan fingerprint density at radius 2 is 1.73 bits per heavy atom. The molecule has 4 rings (SSSR count). The smallest absolute Gasteiger partial charge is 0.253 e. The first-order valence-electron chi connectivity index (χ1n) is 10.1. The highest BCUT2D eigenvalue weighted by molar-refractivity contribution is 7.89. The Hall–Kier alpha value is -2.77. The van der Waals surface area contributed by atoms with Gasteiger partial charge in [-0.05, 0) is 62.1 Å². The number of sulfonamides is 1. The highest BCUT2D eigenvalue weighted by Crippen LogP contribution is 2.21. The Morgan fingerprint density at radius 3 is 2.43 bits per heavy atom. The molecule has 0 radical (unpaired) electrons. The summed E-state index contributed by atoms with van der Waals surface area (Å²) in [5.41, 5.74) is 4.06. The van der Waals surface area contributed by atoms with Gasteiger partial charge < -0.3 is 5.32 Å². The zero-order chi connectivity index (χ0) is 21.3. The normalized spacial score (nSPS) is 14.9. The van der Waals surface area contributed by atoms with Crippen molar-refractivity contribution in [2.45, 2.75) is 38.1 Å². The number of carbonyl (C=O) groups excluding carboxylic acids is 1. The number of amides is 1. The van der Waals surface area contributed by atoms with Gasteiger partial charge in [-0.25, -0.2) is 8.42 Å². The number of benzene rings is 2. The van der Waals surface area contributed by atoms with E-state index >= 15 is 0 Å². The van der Waals surface area contributed by atoms with Crippen LogP contribution in [0.3, 0.4) is 0 Å². The standard InChI is InChI=1S/C23H25N3O3S/c1-16-5-8-19-14-21(17(2)25-22(19)13-16)23(27)24-15-18-6-9-20(10-7-18)30(28,29)26-11-3-4-12-26/h5-10,13-14H,3-4,11-12,15H2,1-2H3,(H,24,27). The molecular formula is C23H25N3O3S. The molecule has 7 heteroatoms. The summed E-state index contributed by atoms with van der Waals surface area (Å²) in [6.07, 6.45) is 1.82. The summed E-state index contributed by atoms with van der Waals surface area (Å²) in [6.45, 7) is 5.32. The second-order valence-electron chi connectivity index (χ2n) is 7.76.